The van der Waals surface area contributed by atoms with Gasteiger partial charge in [0.1, 0.15) is 5.75 Å². The van der Waals surface area contributed by atoms with E-state index in [9.17, 15) is 13.6 Å². The van der Waals surface area contributed by atoms with Gasteiger partial charge in [-0.15, -0.1) is 0 Å². The SMILES string of the molecule is CC(C(=O)Nc1ccc(OC(F)F)cc1)N1CCNCC1. The first kappa shape index (κ1) is 15.7. The van der Waals surface area contributed by atoms with Gasteiger partial charge in [0.05, 0.1) is 6.04 Å². The van der Waals surface area contributed by atoms with Gasteiger partial charge in [-0.2, -0.15) is 8.78 Å². The number of benzene rings is 1. The molecule has 1 fully saturated rings. The van der Waals surface area contributed by atoms with Crippen LogP contribution in [0.3, 0.4) is 0 Å². The molecule has 21 heavy (non-hydrogen) atoms. The lowest BCUT2D eigenvalue weighted by atomic mass is 10.2. The van der Waals surface area contributed by atoms with Crippen LogP contribution in [0.5, 0.6) is 5.75 Å². The summed E-state index contributed by atoms with van der Waals surface area (Å²) >= 11 is 0. The summed E-state index contributed by atoms with van der Waals surface area (Å²) < 4.78 is 28.3. The number of piperazine rings is 1. The van der Waals surface area contributed by atoms with Gasteiger partial charge in [-0.25, -0.2) is 0 Å². The lowest BCUT2D eigenvalue weighted by molar-refractivity contribution is -0.121. The summed E-state index contributed by atoms with van der Waals surface area (Å²) in [6.07, 6.45) is 0. The third-order valence-electron chi connectivity index (χ3n) is 3.43. The zero-order chi connectivity index (χ0) is 15.2. The molecule has 1 unspecified atom stereocenters. The first-order valence-corrected chi connectivity index (χ1v) is 6.87. The van der Waals surface area contributed by atoms with Crippen LogP contribution in [0.25, 0.3) is 0 Å². The van der Waals surface area contributed by atoms with E-state index in [2.05, 4.69) is 20.3 Å². The number of hydrogen-bond acceptors (Lipinski definition) is 4. The van der Waals surface area contributed by atoms with E-state index in [1.165, 1.54) is 12.1 Å². The molecule has 5 nitrogen and oxygen atoms in total. The monoisotopic (exact) mass is 299 g/mol. The average Bonchev–Trinajstić information content (AvgIpc) is 2.49. The largest absolute Gasteiger partial charge is 0.435 e. The summed E-state index contributed by atoms with van der Waals surface area (Å²) in [5.74, 6) is -0.0439. The fourth-order valence-corrected chi connectivity index (χ4v) is 2.20. The summed E-state index contributed by atoms with van der Waals surface area (Å²) in [5, 5.41) is 6.01. The summed E-state index contributed by atoms with van der Waals surface area (Å²) in [4.78, 5) is 14.2. The number of alkyl halides is 2. The molecule has 1 amide bonds. The number of ether oxygens (including phenoxy) is 1. The smallest absolute Gasteiger partial charge is 0.387 e. The Balaban J connectivity index is 1.89. The second-order valence-corrected chi connectivity index (χ2v) is 4.85. The molecule has 2 N–H and O–H groups in total. The molecule has 1 atom stereocenters. The Kier molecular flexibility index (Phi) is 5.46. The molecule has 0 saturated carbocycles. The quantitative estimate of drug-likeness (QED) is 0.865. The highest BCUT2D eigenvalue weighted by Crippen LogP contribution is 2.18. The molecule has 116 valence electrons. The highest BCUT2D eigenvalue weighted by molar-refractivity contribution is 5.94. The molecule has 0 spiro atoms. The Morgan fingerprint density at radius 3 is 2.48 bits per heavy atom. The van der Waals surface area contributed by atoms with Crippen molar-refractivity contribution in [3.05, 3.63) is 24.3 Å². The Morgan fingerprint density at radius 1 is 1.29 bits per heavy atom. The van der Waals surface area contributed by atoms with Crippen molar-refractivity contribution >= 4 is 11.6 Å². The minimum absolute atomic E-state index is 0.0677. The van der Waals surface area contributed by atoms with Gasteiger partial charge in [-0.05, 0) is 31.2 Å². The van der Waals surface area contributed by atoms with Crippen molar-refractivity contribution in [2.24, 2.45) is 0 Å². The molecular weight excluding hydrogens is 280 g/mol. The van der Waals surface area contributed by atoms with Crippen LogP contribution in [0.2, 0.25) is 0 Å². The second kappa shape index (κ2) is 7.33. The summed E-state index contributed by atoms with van der Waals surface area (Å²) in [5.41, 5.74) is 0.559. The standard InChI is InChI=1S/C14H19F2N3O2/c1-10(19-8-6-17-7-9-19)13(20)18-11-2-4-12(5-3-11)21-14(15)16/h2-5,10,14,17H,6-9H2,1H3,(H,18,20). The number of rotatable bonds is 5. The highest BCUT2D eigenvalue weighted by atomic mass is 19.3. The van der Waals surface area contributed by atoms with E-state index in [4.69, 9.17) is 0 Å². The molecule has 0 aliphatic carbocycles. The molecule has 1 aromatic rings. The Morgan fingerprint density at radius 2 is 1.90 bits per heavy atom. The maximum Gasteiger partial charge on any atom is 0.387 e. The van der Waals surface area contributed by atoms with Crippen LogP contribution in [0, 0.1) is 0 Å². The van der Waals surface area contributed by atoms with Crippen LogP contribution < -0.4 is 15.4 Å². The minimum atomic E-state index is -2.85. The van der Waals surface area contributed by atoms with Gasteiger partial charge in [0.2, 0.25) is 5.91 Å². The highest BCUT2D eigenvalue weighted by Gasteiger charge is 2.22. The maximum absolute atomic E-state index is 12.1. The molecule has 0 radical (unpaired) electrons. The molecule has 7 heteroatoms. The topological polar surface area (TPSA) is 53.6 Å². The fourth-order valence-electron chi connectivity index (χ4n) is 2.20. The second-order valence-electron chi connectivity index (χ2n) is 4.85. The van der Waals surface area contributed by atoms with Crippen molar-refractivity contribution in [1.82, 2.24) is 10.2 Å². The summed E-state index contributed by atoms with van der Waals surface area (Å²) in [6, 6.07) is 5.65. The predicted molar refractivity (Wildman–Crippen MR) is 75.6 cm³/mol. The molecule has 1 aromatic carbocycles. The number of carbonyl (C=O) groups excluding carboxylic acids is 1. The van der Waals surface area contributed by atoms with Gasteiger partial charge in [0, 0.05) is 31.9 Å². The zero-order valence-corrected chi connectivity index (χ0v) is 11.8. The lowest BCUT2D eigenvalue weighted by Crippen LogP contribution is -2.51. The van der Waals surface area contributed by atoms with Gasteiger partial charge >= 0.3 is 6.61 Å². The van der Waals surface area contributed by atoms with Crippen LogP contribution in [0.1, 0.15) is 6.92 Å². The van der Waals surface area contributed by atoms with Crippen molar-refractivity contribution in [2.45, 2.75) is 19.6 Å². The number of nitrogens with one attached hydrogen (secondary N) is 2. The van der Waals surface area contributed by atoms with E-state index in [1.807, 2.05) is 6.92 Å². The van der Waals surface area contributed by atoms with Crippen LogP contribution in [0.4, 0.5) is 14.5 Å². The van der Waals surface area contributed by atoms with Crippen LogP contribution in [0.15, 0.2) is 24.3 Å². The van der Waals surface area contributed by atoms with Gasteiger partial charge in [0.15, 0.2) is 0 Å². The average molecular weight is 299 g/mol. The molecule has 1 aliphatic heterocycles. The molecule has 0 bridgehead atoms. The molecule has 2 rings (SSSR count). The molecule has 1 aliphatic rings. The Bertz CT molecular complexity index is 462. The van der Waals surface area contributed by atoms with Gasteiger partial charge in [0.25, 0.3) is 0 Å². The first-order chi connectivity index (χ1) is 10.1. The van der Waals surface area contributed by atoms with Gasteiger partial charge < -0.3 is 15.4 Å². The van der Waals surface area contributed by atoms with Crippen LogP contribution in [-0.2, 0) is 4.79 Å². The lowest BCUT2D eigenvalue weighted by Gasteiger charge is -2.31. The normalized spacial score (nSPS) is 17.5. The molecule has 1 saturated heterocycles. The minimum Gasteiger partial charge on any atom is -0.435 e. The van der Waals surface area contributed by atoms with E-state index < -0.39 is 6.61 Å². The Labute approximate surface area is 122 Å². The van der Waals surface area contributed by atoms with Crippen molar-refractivity contribution < 1.29 is 18.3 Å². The molecule has 1 heterocycles. The number of anilines is 1. The number of halogens is 2. The van der Waals surface area contributed by atoms with E-state index in [0.29, 0.717) is 5.69 Å². The first-order valence-electron chi connectivity index (χ1n) is 6.87. The van der Waals surface area contributed by atoms with Gasteiger partial charge in [-0.3, -0.25) is 9.69 Å². The third kappa shape index (κ3) is 4.64. The summed E-state index contributed by atoms with van der Waals surface area (Å²) in [6.45, 7) is 2.41. The van der Waals surface area contributed by atoms with Gasteiger partial charge in [-0.1, -0.05) is 0 Å². The van der Waals surface area contributed by atoms with E-state index in [-0.39, 0.29) is 17.7 Å². The number of amides is 1. The van der Waals surface area contributed by atoms with E-state index >= 15 is 0 Å². The van der Waals surface area contributed by atoms with Crippen molar-refractivity contribution in [3.8, 4) is 5.75 Å². The Hall–Kier alpha value is -1.73. The van der Waals surface area contributed by atoms with E-state index in [1.54, 1.807) is 12.1 Å². The molecule has 0 aromatic heterocycles. The van der Waals surface area contributed by atoms with Crippen molar-refractivity contribution in [3.63, 3.8) is 0 Å². The van der Waals surface area contributed by atoms with E-state index in [0.717, 1.165) is 26.2 Å². The maximum atomic E-state index is 12.1. The third-order valence-corrected chi connectivity index (χ3v) is 3.43. The summed E-state index contributed by atoms with van der Waals surface area (Å²) in [7, 11) is 0. The molecular formula is C14H19F2N3O2. The van der Waals surface area contributed by atoms with Crippen LogP contribution >= 0.6 is 0 Å². The fraction of sp³-hybridized carbons (Fsp3) is 0.500. The number of carbonyl (C=O) groups is 1. The van der Waals surface area contributed by atoms with Crippen molar-refractivity contribution in [2.75, 3.05) is 31.5 Å². The van der Waals surface area contributed by atoms with Crippen LogP contribution in [-0.4, -0.2) is 49.6 Å². The number of nitrogens with zero attached hydrogens (tertiary/aromatic N) is 1. The number of hydrogen-bond donors (Lipinski definition) is 2. The van der Waals surface area contributed by atoms with Crippen molar-refractivity contribution in [1.29, 1.82) is 0 Å². The predicted octanol–water partition coefficient (Wildman–Crippen LogP) is 1.52. The zero-order valence-electron chi connectivity index (χ0n) is 11.8.